The molecule has 0 fully saturated rings. The lowest BCUT2D eigenvalue weighted by Crippen LogP contribution is -2.23. The molecule has 2 rings (SSSR count). The van der Waals surface area contributed by atoms with E-state index >= 15 is 0 Å². The first-order valence-electron chi connectivity index (χ1n) is 9.35. The molecule has 1 aromatic heterocycles. The first-order chi connectivity index (χ1) is 13.8. The van der Waals surface area contributed by atoms with Crippen molar-refractivity contribution in [3.05, 3.63) is 41.5 Å². The third-order valence-electron chi connectivity index (χ3n) is 3.97. The fraction of sp³-hybridized carbons (Fsp3) is 0.381. The Labute approximate surface area is 172 Å². The number of carbonyl (C=O) groups excluding carboxylic acids is 1. The zero-order chi connectivity index (χ0) is 21.4. The van der Waals surface area contributed by atoms with Crippen molar-refractivity contribution in [1.29, 1.82) is 0 Å². The maximum atomic E-state index is 12.9. The lowest BCUT2D eigenvalue weighted by Gasteiger charge is -2.17. The summed E-state index contributed by atoms with van der Waals surface area (Å²) in [7, 11) is 1.65. The maximum absolute atomic E-state index is 12.9. The van der Waals surface area contributed by atoms with Crippen molar-refractivity contribution in [2.45, 2.75) is 32.6 Å². The molecule has 1 aromatic carbocycles. The Kier molecular flexibility index (Phi) is 7.78. The fourth-order valence-electron chi connectivity index (χ4n) is 2.43. The number of hydrogen-bond donors (Lipinski definition) is 0. The normalized spacial score (nSPS) is 11.4. The molecule has 0 spiro atoms. The zero-order valence-corrected chi connectivity index (χ0v) is 18.8. The van der Waals surface area contributed by atoms with Gasteiger partial charge in [-0.05, 0) is 24.6 Å². The van der Waals surface area contributed by atoms with Crippen LogP contribution < -0.4 is 14.2 Å². The van der Waals surface area contributed by atoms with Gasteiger partial charge in [-0.15, -0.1) is 0 Å². The Bertz CT molecular complexity index is 856. The Morgan fingerprint density at radius 3 is 2.31 bits per heavy atom. The lowest BCUT2D eigenvalue weighted by atomic mass is 10.1. The number of benzene rings is 1. The molecule has 7 nitrogen and oxygen atoms in total. The summed E-state index contributed by atoms with van der Waals surface area (Å²) in [6.07, 6.45) is 3.68. The molecule has 0 amide bonds. The zero-order valence-electron chi connectivity index (χ0n) is 17.8. The summed E-state index contributed by atoms with van der Waals surface area (Å²) in [5.74, 6) is 0.433. The fourth-order valence-corrected chi connectivity index (χ4v) is 3.14. The Morgan fingerprint density at radius 1 is 1.10 bits per heavy atom. The van der Waals surface area contributed by atoms with Crippen molar-refractivity contribution >= 4 is 20.1 Å². The number of esters is 1. The average Bonchev–Trinajstić information content (AvgIpc) is 2.67. The molecule has 0 aliphatic carbocycles. The van der Waals surface area contributed by atoms with E-state index < -0.39 is 14.0 Å². The van der Waals surface area contributed by atoms with Gasteiger partial charge in [-0.1, -0.05) is 43.9 Å². The van der Waals surface area contributed by atoms with Gasteiger partial charge in [0.15, 0.2) is 0 Å². The Balaban J connectivity index is 2.37. The summed E-state index contributed by atoms with van der Waals surface area (Å²) in [5, 5.41) is 0. The summed E-state index contributed by atoms with van der Waals surface area (Å²) in [5.41, 5.74) is 1.02. The maximum Gasteiger partial charge on any atom is 0.342 e. The molecule has 0 bridgehead atoms. The smallest absolute Gasteiger partial charge is 0.342 e. The van der Waals surface area contributed by atoms with Gasteiger partial charge in [-0.2, -0.15) is 9.97 Å². The van der Waals surface area contributed by atoms with Gasteiger partial charge in [0.25, 0.3) is 0 Å². The van der Waals surface area contributed by atoms with E-state index in [1.165, 1.54) is 20.3 Å². The average molecular weight is 417 g/mol. The van der Waals surface area contributed by atoms with Crippen molar-refractivity contribution in [2.24, 2.45) is 0 Å². The number of nitrogens with zero attached hydrogens (tertiary/aromatic N) is 2. The van der Waals surface area contributed by atoms with Crippen LogP contribution in [0.25, 0.3) is 6.08 Å². The monoisotopic (exact) mass is 416 g/mol. The molecule has 0 radical (unpaired) electrons. The van der Waals surface area contributed by atoms with Gasteiger partial charge in [-0.3, -0.25) is 0 Å². The number of ether oxygens (including phenoxy) is 4. The minimum Gasteiger partial charge on any atom is -0.481 e. The van der Waals surface area contributed by atoms with Crippen LogP contribution in [0.15, 0.2) is 30.3 Å². The summed E-state index contributed by atoms with van der Waals surface area (Å²) >= 11 is 0. The van der Waals surface area contributed by atoms with Crippen LogP contribution in [0.5, 0.6) is 23.5 Å². The van der Waals surface area contributed by atoms with E-state index in [0.717, 1.165) is 6.04 Å². The molecule has 0 N–H and O–H groups in total. The highest BCUT2D eigenvalue weighted by atomic mass is 28.3. The van der Waals surface area contributed by atoms with Crippen LogP contribution in [-0.2, 0) is 4.74 Å². The number of allylic oxidation sites excluding steroid dienone is 1. The molecular formula is C21H28N2O5Si. The molecular weight excluding hydrogens is 388 g/mol. The van der Waals surface area contributed by atoms with Crippen LogP contribution in [0.1, 0.15) is 22.8 Å². The quantitative estimate of drug-likeness (QED) is 0.428. The predicted molar refractivity (Wildman–Crippen MR) is 115 cm³/mol. The summed E-state index contributed by atoms with van der Waals surface area (Å²) in [6.45, 7) is 8.95. The van der Waals surface area contributed by atoms with Gasteiger partial charge >= 0.3 is 12.0 Å². The van der Waals surface area contributed by atoms with Crippen LogP contribution in [0.4, 0.5) is 0 Å². The molecule has 0 saturated carbocycles. The van der Waals surface area contributed by atoms with Gasteiger partial charge in [0.1, 0.15) is 11.3 Å². The molecule has 0 unspecified atom stereocenters. The minimum atomic E-state index is -1.32. The predicted octanol–water partition coefficient (Wildman–Crippen LogP) is 4.81. The van der Waals surface area contributed by atoms with Gasteiger partial charge in [-0.25, -0.2) is 4.79 Å². The largest absolute Gasteiger partial charge is 0.481 e. The highest BCUT2D eigenvalue weighted by molar-refractivity contribution is 6.76. The van der Waals surface area contributed by atoms with E-state index in [2.05, 4.69) is 29.6 Å². The van der Waals surface area contributed by atoms with Crippen LogP contribution in [-0.4, -0.2) is 44.8 Å². The molecule has 29 heavy (non-hydrogen) atoms. The van der Waals surface area contributed by atoms with E-state index in [4.69, 9.17) is 18.9 Å². The molecule has 0 atom stereocenters. The highest BCUT2D eigenvalue weighted by Gasteiger charge is 2.21. The van der Waals surface area contributed by atoms with Gasteiger partial charge in [0.05, 0.1) is 26.9 Å². The molecule has 156 valence electrons. The third kappa shape index (κ3) is 6.60. The first kappa shape index (κ1) is 22.4. The van der Waals surface area contributed by atoms with Crippen LogP contribution in [0.3, 0.4) is 0 Å². The number of aromatic nitrogens is 2. The second-order valence-electron chi connectivity index (χ2n) is 7.50. The van der Waals surface area contributed by atoms with Crippen molar-refractivity contribution in [3.8, 4) is 23.5 Å². The number of carbonyl (C=O) groups is 1. The van der Waals surface area contributed by atoms with Crippen molar-refractivity contribution in [1.82, 2.24) is 9.97 Å². The molecule has 2 aromatic rings. The van der Waals surface area contributed by atoms with E-state index in [9.17, 15) is 4.79 Å². The van der Waals surface area contributed by atoms with Gasteiger partial charge in [0, 0.05) is 8.07 Å². The second-order valence-corrected chi connectivity index (χ2v) is 13.1. The van der Waals surface area contributed by atoms with Crippen molar-refractivity contribution in [2.75, 3.05) is 20.8 Å². The highest BCUT2D eigenvalue weighted by Crippen LogP contribution is 2.30. The van der Waals surface area contributed by atoms with E-state index in [1.54, 1.807) is 12.1 Å². The summed E-state index contributed by atoms with van der Waals surface area (Å²) in [6, 6.07) is 7.73. The van der Waals surface area contributed by atoms with E-state index in [0.29, 0.717) is 23.5 Å². The second kappa shape index (κ2) is 10.1. The standard InChI is InChI=1S/C21H28N2O5Si/c1-7-9-15-10-8-11-16(19(15)20(24)27-12-13-29(4,5)6)28-21-22-17(25-2)14-18(23-21)26-3/h7-11,14H,12-13H2,1-6H3. The number of methoxy groups -OCH3 is 2. The first-order valence-corrected chi connectivity index (χ1v) is 13.1. The lowest BCUT2D eigenvalue weighted by molar-refractivity contribution is 0.0522. The third-order valence-corrected chi connectivity index (χ3v) is 5.68. The van der Waals surface area contributed by atoms with Crippen molar-refractivity contribution in [3.63, 3.8) is 0 Å². The molecule has 0 saturated heterocycles. The van der Waals surface area contributed by atoms with Crippen LogP contribution in [0, 0.1) is 0 Å². The van der Waals surface area contributed by atoms with E-state index in [-0.39, 0.29) is 17.8 Å². The Morgan fingerprint density at radius 2 is 1.76 bits per heavy atom. The molecule has 0 aliphatic rings. The molecule has 8 heteroatoms. The summed E-state index contributed by atoms with van der Waals surface area (Å²) in [4.78, 5) is 21.2. The van der Waals surface area contributed by atoms with Crippen molar-refractivity contribution < 1.29 is 23.7 Å². The summed E-state index contributed by atoms with van der Waals surface area (Å²) < 4.78 is 21.7. The molecule has 0 aliphatic heterocycles. The van der Waals surface area contributed by atoms with Crippen LogP contribution >= 0.6 is 0 Å². The van der Waals surface area contributed by atoms with Crippen LogP contribution in [0.2, 0.25) is 25.7 Å². The molecule has 1 heterocycles. The Hall–Kier alpha value is -2.87. The van der Waals surface area contributed by atoms with Gasteiger partial charge in [0.2, 0.25) is 11.8 Å². The number of rotatable bonds is 9. The number of hydrogen-bond acceptors (Lipinski definition) is 7. The van der Waals surface area contributed by atoms with E-state index in [1.807, 2.05) is 25.1 Å². The minimum absolute atomic E-state index is 0.00924. The SMILES string of the molecule is CC=Cc1cccc(Oc2nc(OC)cc(OC)n2)c1C(=O)OCC[Si](C)(C)C. The topological polar surface area (TPSA) is 79.8 Å². The van der Waals surface area contributed by atoms with Gasteiger partial charge < -0.3 is 18.9 Å².